The maximum Gasteiger partial charge on any atom is 0.0433 e. The summed E-state index contributed by atoms with van der Waals surface area (Å²) in [6, 6.07) is 0. The van der Waals surface area contributed by atoms with E-state index in [9.17, 15) is 0 Å². The molecule has 0 heterocycles. The fourth-order valence-electron chi connectivity index (χ4n) is 2.96. The maximum atomic E-state index is 9.14. The van der Waals surface area contributed by atoms with E-state index in [1.165, 1.54) is 5.70 Å². The quantitative estimate of drug-likeness (QED) is 0.770. The number of rotatable bonds is 6. The third kappa shape index (κ3) is 4.75. The van der Waals surface area contributed by atoms with Gasteiger partial charge in [-0.1, -0.05) is 50.0 Å². The second-order valence-corrected chi connectivity index (χ2v) is 6.09. The van der Waals surface area contributed by atoms with E-state index in [0.717, 1.165) is 31.4 Å². The molecule has 2 rings (SSSR count). The highest BCUT2D eigenvalue weighted by molar-refractivity contribution is 5.21. The molecule has 0 radical (unpaired) electrons. The Morgan fingerprint density at radius 1 is 1.33 bits per heavy atom. The van der Waals surface area contributed by atoms with Gasteiger partial charge >= 0.3 is 0 Å². The number of hydrogen-bond acceptors (Lipinski definition) is 2. The number of allylic oxidation sites excluding steroid dienone is 9. The van der Waals surface area contributed by atoms with Gasteiger partial charge in [0.15, 0.2) is 0 Å². The molecule has 0 aromatic carbocycles. The highest BCUT2D eigenvalue weighted by Gasteiger charge is 2.19. The molecule has 2 aliphatic carbocycles. The molecule has 2 unspecified atom stereocenters. The summed E-state index contributed by atoms with van der Waals surface area (Å²) in [5.41, 5.74) is 2.30. The van der Waals surface area contributed by atoms with Crippen molar-refractivity contribution in [3.05, 3.63) is 60.5 Å². The smallest absolute Gasteiger partial charge is 0.0433 e. The predicted octanol–water partition coefficient (Wildman–Crippen LogP) is 4.09. The third-order valence-corrected chi connectivity index (χ3v) is 4.48. The molecule has 2 heteroatoms. The number of aliphatic hydroxyl groups excluding tert-OH is 1. The first kappa shape index (κ1) is 15.8. The molecular formula is C19H27NO. The maximum absolute atomic E-state index is 9.14. The normalized spacial score (nSPS) is 26.1. The Morgan fingerprint density at radius 2 is 2.14 bits per heavy atom. The van der Waals surface area contributed by atoms with E-state index < -0.39 is 0 Å². The molecule has 2 N–H and O–H groups in total. The lowest BCUT2D eigenvalue weighted by Gasteiger charge is -2.26. The third-order valence-electron chi connectivity index (χ3n) is 4.48. The molecule has 0 aromatic rings. The minimum Gasteiger partial charge on any atom is -0.396 e. The van der Waals surface area contributed by atoms with Gasteiger partial charge in [0.1, 0.15) is 0 Å². The summed E-state index contributed by atoms with van der Waals surface area (Å²) in [6.07, 6.45) is 19.2. The van der Waals surface area contributed by atoms with Crippen LogP contribution in [-0.2, 0) is 0 Å². The first-order chi connectivity index (χ1) is 10.2. The van der Waals surface area contributed by atoms with E-state index in [1.54, 1.807) is 0 Å². The number of hydrogen-bond donors (Lipinski definition) is 2. The van der Waals surface area contributed by atoms with Crippen molar-refractivity contribution in [2.45, 2.75) is 32.6 Å². The zero-order chi connectivity index (χ0) is 15.1. The van der Waals surface area contributed by atoms with E-state index in [-0.39, 0.29) is 6.61 Å². The summed E-state index contributed by atoms with van der Waals surface area (Å²) >= 11 is 0. The Bertz CT molecular complexity index is 470. The van der Waals surface area contributed by atoms with Crippen LogP contribution in [0.1, 0.15) is 32.6 Å². The van der Waals surface area contributed by atoms with Gasteiger partial charge in [-0.05, 0) is 43.6 Å². The standard InChI is InChI=1S/C19H27NO/c1-15(18-9-4-3-5-10-18)16(2)20-19-11-7-6-8-17(14-19)12-13-21/h3-7,9,11,15,17-18,20-21H,2,8,10,12-14H2,1H3/t15-,17?,18?/m0/s1. The van der Waals surface area contributed by atoms with Gasteiger partial charge in [-0.15, -0.1) is 0 Å². The van der Waals surface area contributed by atoms with Crippen molar-refractivity contribution < 1.29 is 5.11 Å². The van der Waals surface area contributed by atoms with Crippen LogP contribution in [0.25, 0.3) is 0 Å². The lowest BCUT2D eigenvalue weighted by Crippen LogP contribution is -2.23. The van der Waals surface area contributed by atoms with Gasteiger partial charge in [-0.2, -0.15) is 0 Å². The Kier molecular flexibility index (Phi) is 6.06. The summed E-state index contributed by atoms with van der Waals surface area (Å²) in [5.74, 6) is 1.47. The second kappa shape index (κ2) is 8.04. The average Bonchev–Trinajstić information content (AvgIpc) is 2.73. The molecular weight excluding hydrogens is 258 g/mol. The van der Waals surface area contributed by atoms with E-state index in [2.05, 4.69) is 61.4 Å². The Hall–Kier alpha value is -1.54. The summed E-state index contributed by atoms with van der Waals surface area (Å²) in [4.78, 5) is 0. The van der Waals surface area contributed by atoms with Crippen LogP contribution < -0.4 is 5.32 Å². The fraction of sp³-hybridized carbons (Fsp3) is 0.474. The largest absolute Gasteiger partial charge is 0.396 e. The molecule has 0 aliphatic heterocycles. The zero-order valence-electron chi connectivity index (χ0n) is 13.0. The minimum absolute atomic E-state index is 0.266. The van der Waals surface area contributed by atoms with Gasteiger partial charge in [0, 0.05) is 23.9 Å². The second-order valence-electron chi connectivity index (χ2n) is 6.09. The van der Waals surface area contributed by atoms with Crippen molar-refractivity contribution in [3.63, 3.8) is 0 Å². The van der Waals surface area contributed by atoms with E-state index >= 15 is 0 Å². The molecule has 0 spiro atoms. The van der Waals surface area contributed by atoms with Gasteiger partial charge in [-0.3, -0.25) is 0 Å². The van der Waals surface area contributed by atoms with Crippen LogP contribution in [0.4, 0.5) is 0 Å². The van der Waals surface area contributed by atoms with Crippen molar-refractivity contribution in [3.8, 4) is 0 Å². The lowest BCUT2D eigenvalue weighted by atomic mass is 9.86. The highest BCUT2D eigenvalue weighted by Crippen LogP contribution is 2.27. The van der Waals surface area contributed by atoms with Crippen LogP contribution in [0.15, 0.2) is 60.5 Å². The molecule has 0 aromatic heterocycles. The Balaban J connectivity index is 1.91. The van der Waals surface area contributed by atoms with E-state index in [4.69, 9.17) is 5.11 Å². The Morgan fingerprint density at radius 3 is 2.86 bits per heavy atom. The number of aliphatic hydroxyl groups is 1. The van der Waals surface area contributed by atoms with E-state index in [0.29, 0.717) is 17.8 Å². The molecule has 3 atom stereocenters. The zero-order valence-corrected chi connectivity index (χ0v) is 13.0. The summed E-state index contributed by atoms with van der Waals surface area (Å²) in [6.45, 7) is 6.75. The van der Waals surface area contributed by atoms with Gasteiger partial charge < -0.3 is 10.4 Å². The van der Waals surface area contributed by atoms with Crippen molar-refractivity contribution in [1.82, 2.24) is 5.32 Å². The first-order valence-electron chi connectivity index (χ1n) is 7.96. The SMILES string of the molecule is C=C(NC1=CC=CCC(CCO)C1)[C@H](C)C1C=CC=CC1. The summed E-state index contributed by atoms with van der Waals surface area (Å²) < 4.78 is 0. The summed E-state index contributed by atoms with van der Waals surface area (Å²) in [7, 11) is 0. The summed E-state index contributed by atoms with van der Waals surface area (Å²) in [5, 5.41) is 12.7. The van der Waals surface area contributed by atoms with Crippen LogP contribution >= 0.6 is 0 Å². The Labute approximate surface area is 128 Å². The molecule has 0 fully saturated rings. The first-order valence-corrected chi connectivity index (χ1v) is 7.96. The fourth-order valence-corrected chi connectivity index (χ4v) is 2.96. The molecule has 21 heavy (non-hydrogen) atoms. The molecule has 0 saturated carbocycles. The van der Waals surface area contributed by atoms with Gasteiger partial charge in [0.25, 0.3) is 0 Å². The van der Waals surface area contributed by atoms with Gasteiger partial charge in [-0.25, -0.2) is 0 Å². The van der Waals surface area contributed by atoms with Crippen LogP contribution in [0.2, 0.25) is 0 Å². The van der Waals surface area contributed by atoms with Crippen LogP contribution in [-0.4, -0.2) is 11.7 Å². The van der Waals surface area contributed by atoms with Crippen molar-refractivity contribution in [2.24, 2.45) is 17.8 Å². The lowest BCUT2D eigenvalue weighted by molar-refractivity contribution is 0.256. The van der Waals surface area contributed by atoms with Crippen LogP contribution in [0, 0.1) is 17.8 Å². The van der Waals surface area contributed by atoms with Crippen molar-refractivity contribution in [1.29, 1.82) is 0 Å². The molecule has 0 amide bonds. The van der Waals surface area contributed by atoms with Crippen LogP contribution in [0.3, 0.4) is 0 Å². The molecule has 0 saturated heterocycles. The molecule has 2 aliphatic rings. The van der Waals surface area contributed by atoms with Gasteiger partial charge in [0.2, 0.25) is 0 Å². The van der Waals surface area contributed by atoms with Gasteiger partial charge in [0.05, 0.1) is 0 Å². The number of nitrogens with one attached hydrogen (secondary N) is 1. The van der Waals surface area contributed by atoms with E-state index in [1.807, 2.05) is 0 Å². The minimum atomic E-state index is 0.266. The topological polar surface area (TPSA) is 32.3 Å². The van der Waals surface area contributed by atoms with Crippen LogP contribution in [0.5, 0.6) is 0 Å². The monoisotopic (exact) mass is 285 g/mol. The predicted molar refractivity (Wildman–Crippen MR) is 89.5 cm³/mol. The van der Waals surface area contributed by atoms with Crippen molar-refractivity contribution >= 4 is 0 Å². The molecule has 2 nitrogen and oxygen atoms in total. The van der Waals surface area contributed by atoms with Crippen molar-refractivity contribution in [2.75, 3.05) is 6.61 Å². The highest BCUT2D eigenvalue weighted by atomic mass is 16.3. The molecule has 114 valence electrons. The molecule has 0 bridgehead atoms. The average molecular weight is 285 g/mol.